The minimum atomic E-state index is -4.71. The number of allylic oxidation sites excluding steroid dienone is 1. The predicted molar refractivity (Wildman–Crippen MR) is 121 cm³/mol. The van der Waals surface area contributed by atoms with Crippen molar-refractivity contribution in [3.8, 4) is 11.1 Å². The van der Waals surface area contributed by atoms with Crippen LogP contribution >= 0.6 is 15.9 Å². The lowest BCUT2D eigenvalue weighted by molar-refractivity contribution is -0.144. The molecule has 0 radical (unpaired) electrons. The number of nitrogens with zero attached hydrogens (tertiary/aromatic N) is 3. The van der Waals surface area contributed by atoms with Gasteiger partial charge >= 0.3 is 6.18 Å². The number of aromatic amines is 1. The number of hydrogen-bond acceptors (Lipinski definition) is 5. The van der Waals surface area contributed by atoms with Crippen LogP contribution in [0.2, 0.25) is 0 Å². The molecule has 178 valence electrons. The van der Waals surface area contributed by atoms with Crippen molar-refractivity contribution in [3.05, 3.63) is 75.7 Å². The zero-order chi connectivity index (χ0) is 25.2. The molecule has 2 aromatic heterocycles. The van der Waals surface area contributed by atoms with Crippen molar-refractivity contribution >= 4 is 33.7 Å². The summed E-state index contributed by atoms with van der Waals surface area (Å²) in [6.07, 6.45) is -0.229. The lowest BCUT2D eigenvalue weighted by Gasteiger charge is -2.12. The molecule has 3 rings (SSSR count). The van der Waals surface area contributed by atoms with E-state index in [9.17, 15) is 22.0 Å². The maximum Gasteiger partial charge on any atom is 0.451 e. The van der Waals surface area contributed by atoms with E-state index in [1.807, 2.05) is 0 Å². The molecule has 7 nitrogen and oxygen atoms in total. The zero-order valence-corrected chi connectivity index (χ0v) is 19.0. The third kappa shape index (κ3) is 5.14. The van der Waals surface area contributed by atoms with Crippen LogP contribution in [0.25, 0.3) is 11.1 Å². The molecule has 6 N–H and O–H groups in total. The Morgan fingerprint density at radius 1 is 1.24 bits per heavy atom. The van der Waals surface area contributed by atoms with Crippen LogP contribution in [-0.2, 0) is 6.18 Å². The van der Waals surface area contributed by atoms with Gasteiger partial charge in [0.2, 0.25) is 5.82 Å². The van der Waals surface area contributed by atoms with Gasteiger partial charge in [0.15, 0.2) is 5.82 Å². The topological polar surface area (TPSA) is 130 Å². The van der Waals surface area contributed by atoms with Crippen LogP contribution < -0.4 is 11.5 Å². The molecule has 0 bridgehead atoms. The van der Waals surface area contributed by atoms with E-state index in [2.05, 4.69) is 35.9 Å². The number of halogens is 6. The molecule has 2 heterocycles. The van der Waals surface area contributed by atoms with E-state index >= 15 is 0 Å². The van der Waals surface area contributed by atoms with E-state index in [1.165, 1.54) is 18.5 Å². The van der Waals surface area contributed by atoms with Crippen molar-refractivity contribution < 1.29 is 22.0 Å². The minimum absolute atomic E-state index is 0.106. The second-order valence-corrected chi connectivity index (χ2v) is 7.84. The van der Waals surface area contributed by atoms with Crippen LogP contribution in [0.3, 0.4) is 0 Å². The summed E-state index contributed by atoms with van der Waals surface area (Å²) in [5, 5.41) is 7.87. The Balaban J connectivity index is 2.01. The number of nitrogens with one attached hydrogen (secondary N) is 2. The smallest absolute Gasteiger partial charge is 0.404 e. The molecular weight excluding hydrogens is 525 g/mol. The van der Waals surface area contributed by atoms with Crippen LogP contribution in [0, 0.1) is 17.0 Å². The lowest BCUT2D eigenvalue weighted by atomic mass is 9.98. The van der Waals surface area contributed by atoms with Crippen LogP contribution in [-0.4, -0.2) is 27.0 Å². The molecule has 1 atom stereocenters. The lowest BCUT2D eigenvalue weighted by Crippen LogP contribution is -2.14. The van der Waals surface area contributed by atoms with Crippen LogP contribution in [0.5, 0.6) is 0 Å². The highest BCUT2D eigenvalue weighted by Crippen LogP contribution is 2.39. The van der Waals surface area contributed by atoms with Gasteiger partial charge < -0.3 is 16.5 Å². The van der Waals surface area contributed by atoms with Gasteiger partial charge in [-0.1, -0.05) is 6.92 Å². The Morgan fingerprint density at radius 3 is 2.41 bits per heavy atom. The molecule has 13 heteroatoms. The minimum Gasteiger partial charge on any atom is -0.404 e. The molecule has 1 aromatic carbocycles. The number of alkyl halides is 3. The van der Waals surface area contributed by atoms with Gasteiger partial charge in [0.25, 0.3) is 0 Å². The summed E-state index contributed by atoms with van der Waals surface area (Å²) in [4.78, 5) is 13.7. The summed E-state index contributed by atoms with van der Waals surface area (Å²) in [7, 11) is 0. The Hall–Kier alpha value is -3.61. The van der Waals surface area contributed by atoms with Gasteiger partial charge in [-0.05, 0) is 39.8 Å². The number of H-pyrrole nitrogens is 1. The van der Waals surface area contributed by atoms with Crippen molar-refractivity contribution in [3.63, 3.8) is 0 Å². The average Bonchev–Trinajstić information content (AvgIpc) is 3.12. The number of nitrogens with two attached hydrogens (primary N) is 2. The van der Waals surface area contributed by atoms with E-state index in [-0.39, 0.29) is 28.3 Å². The van der Waals surface area contributed by atoms with Crippen molar-refractivity contribution in [2.45, 2.75) is 19.0 Å². The number of rotatable bonds is 6. The highest BCUT2D eigenvalue weighted by atomic mass is 79.9. The van der Waals surface area contributed by atoms with E-state index in [0.29, 0.717) is 21.8 Å². The van der Waals surface area contributed by atoms with Crippen molar-refractivity contribution in [2.24, 2.45) is 16.5 Å². The molecule has 0 aliphatic rings. The second kappa shape index (κ2) is 9.71. The molecule has 0 aliphatic carbocycles. The van der Waals surface area contributed by atoms with Gasteiger partial charge in [-0.15, -0.1) is 0 Å². The van der Waals surface area contributed by atoms with Crippen molar-refractivity contribution in [1.82, 2.24) is 15.0 Å². The van der Waals surface area contributed by atoms with E-state index in [0.717, 1.165) is 18.5 Å². The predicted octanol–water partition coefficient (Wildman–Crippen LogP) is 5.16. The summed E-state index contributed by atoms with van der Waals surface area (Å²) in [5.74, 6) is -3.81. The van der Waals surface area contributed by atoms with E-state index < -0.39 is 29.6 Å². The van der Waals surface area contributed by atoms with E-state index in [4.69, 9.17) is 16.9 Å². The van der Waals surface area contributed by atoms with Gasteiger partial charge in [0.1, 0.15) is 11.7 Å². The fourth-order valence-electron chi connectivity index (χ4n) is 3.07. The van der Waals surface area contributed by atoms with Gasteiger partial charge in [0, 0.05) is 51.9 Å². The summed E-state index contributed by atoms with van der Waals surface area (Å²) < 4.78 is 65.8. The average molecular weight is 542 g/mol. The first-order chi connectivity index (χ1) is 15.9. The normalized spacial score (nSPS) is 13.4. The Kier molecular flexibility index (Phi) is 7.15. The zero-order valence-electron chi connectivity index (χ0n) is 17.4. The fraction of sp³-hybridized carbons (Fsp3) is 0.143. The summed E-state index contributed by atoms with van der Waals surface area (Å²) in [5.41, 5.74) is 12.8. The number of aromatic nitrogens is 3. The number of benzene rings is 1. The summed E-state index contributed by atoms with van der Waals surface area (Å²) >= 11 is 3.40. The van der Waals surface area contributed by atoms with E-state index in [1.54, 1.807) is 6.92 Å². The summed E-state index contributed by atoms with van der Waals surface area (Å²) in [6.45, 7) is 1.72. The maximum absolute atomic E-state index is 13.9. The highest BCUT2D eigenvalue weighted by molar-refractivity contribution is 9.10. The molecule has 3 aromatic rings. The van der Waals surface area contributed by atoms with Crippen LogP contribution in [0.4, 0.5) is 27.6 Å². The van der Waals surface area contributed by atoms with Crippen LogP contribution in [0.15, 0.2) is 51.8 Å². The number of nitrogen functional groups attached to an aromatic ring is 1. The molecule has 0 aliphatic heterocycles. The molecule has 0 fully saturated rings. The molecule has 0 amide bonds. The Labute approximate surface area is 198 Å². The number of amidine groups is 1. The van der Waals surface area contributed by atoms with Gasteiger partial charge in [-0.25, -0.2) is 18.7 Å². The highest BCUT2D eigenvalue weighted by Gasteiger charge is 2.34. The van der Waals surface area contributed by atoms with Gasteiger partial charge in [-0.3, -0.25) is 10.4 Å². The third-order valence-electron chi connectivity index (χ3n) is 4.82. The molecule has 0 saturated carbocycles. The Morgan fingerprint density at radius 2 is 1.88 bits per heavy atom. The number of aliphatic imine (C=N–C) groups is 1. The first-order valence-electron chi connectivity index (χ1n) is 9.50. The fourth-order valence-corrected chi connectivity index (χ4v) is 3.94. The SMILES string of the molecule is CC(C(C=Nc1ccc(F)cc1F)=CN)c1[nH]c(C(=N)N)c(-c2cnc(C(F)(F)F)nc2)c1Br. The van der Waals surface area contributed by atoms with Crippen molar-refractivity contribution in [1.29, 1.82) is 5.41 Å². The first-order valence-corrected chi connectivity index (χ1v) is 10.3. The molecule has 1 unspecified atom stereocenters. The van der Waals surface area contributed by atoms with Crippen molar-refractivity contribution in [2.75, 3.05) is 0 Å². The van der Waals surface area contributed by atoms with Gasteiger partial charge in [-0.2, -0.15) is 13.2 Å². The largest absolute Gasteiger partial charge is 0.451 e. The molecule has 34 heavy (non-hydrogen) atoms. The quantitative estimate of drug-likeness (QED) is 0.195. The molecular formula is C21H17BrF5N7. The van der Waals surface area contributed by atoms with Gasteiger partial charge in [0.05, 0.1) is 11.4 Å². The van der Waals surface area contributed by atoms with Crippen LogP contribution in [0.1, 0.15) is 30.1 Å². The first kappa shape index (κ1) is 25.0. The summed E-state index contributed by atoms with van der Waals surface area (Å²) in [6, 6.07) is 2.92. The third-order valence-corrected chi connectivity index (χ3v) is 5.64. The number of hydrogen-bond donors (Lipinski definition) is 4. The Bertz CT molecular complexity index is 1280. The standard InChI is InChI=1S/C21H17BrF5N7/c1-9(10(5-28)6-31-14-3-2-12(23)4-13(14)24)17-16(22)15(18(34-17)19(29)30)11-7-32-20(33-8-11)21(25,26)27/h2-9,34H,28H2,1H3,(H3,29,30). The maximum atomic E-state index is 13.9. The monoisotopic (exact) mass is 541 g/mol. The molecule has 0 saturated heterocycles. The second-order valence-electron chi connectivity index (χ2n) is 7.05. The molecule has 0 spiro atoms.